The van der Waals surface area contributed by atoms with Gasteiger partial charge in [-0.1, -0.05) is 6.92 Å². The van der Waals surface area contributed by atoms with Crippen LogP contribution in [-0.4, -0.2) is 35.5 Å². The summed E-state index contributed by atoms with van der Waals surface area (Å²) in [4.78, 5) is 22.1. The van der Waals surface area contributed by atoms with Crippen LogP contribution < -0.4 is 10.2 Å². The van der Waals surface area contributed by atoms with Crippen molar-refractivity contribution in [3.8, 4) is 0 Å². The number of nitrogens with zero attached hydrogens (tertiary/aromatic N) is 3. The van der Waals surface area contributed by atoms with Crippen molar-refractivity contribution >= 4 is 11.7 Å². The molecule has 1 fully saturated rings. The molecule has 5 heteroatoms. The van der Waals surface area contributed by atoms with Crippen LogP contribution in [0, 0.1) is 5.92 Å². The number of anilines is 1. The van der Waals surface area contributed by atoms with E-state index < -0.39 is 0 Å². The summed E-state index contributed by atoms with van der Waals surface area (Å²) < 4.78 is 0. The number of rotatable bonds is 2. The highest BCUT2D eigenvalue weighted by Crippen LogP contribution is 2.21. The van der Waals surface area contributed by atoms with Crippen molar-refractivity contribution in [2.75, 3.05) is 18.5 Å². The standard InChI is InChI=1S/C12H18N4O/c1-9-3-4-10(13-2)12(17)16(7-9)11-5-6-14-8-15-11/h5-6,8-10,13H,3-4,7H2,1-2H3. The van der Waals surface area contributed by atoms with Gasteiger partial charge in [-0.2, -0.15) is 0 Å². The Kier molecular flexibility index (Phi) is 3.68. The van der Waals surface area contributed by atoms with E-state index >= 15 is 0 Å². The number of amides is 1. The monoisotopic (exact) mass is 234 g/mol. The number of carbonyl (C=O) groups is 1. The van der Waals surface area contributed by atoms with Crippen LogP contribution in [0.2, 0.25) is 0 Å². The Labute approximate surface area is 101 Å². The van der Waals surface area contributed by atoms with Crippen LogP contribution in [0.5, 0.6) is 0 Å². The SMILES string of the molecule is CNC1CCC(C)CN(c2ccncn2)C1=O. The van der Waals surface area contributed by atoms with Gasteiger partial charge < -0.3 is 5.32 Å². The summed E-state index contributed by atoms with van der Waals surface area (Å²) in [5.41, 5.74) is 0. The molecule has 2 unspecified atom stereocenters. The van der Waals surface area contributed by atoms with Crippen LogP contribution in [0.15, 0.2) is 18.6 Å². The third-order valence-corrected chi connectivity index (χ3v) is 3.20. The molecule has 0 spiro atoms. The van der Waals surface area contributed by atoms with Crippen molar-refractivity contribution in [1.82, 2.24) is 15.3 Å². The third-order valence-electron chi connectivity index (χ3n) is 3.20. The molecule has 92 valence electrons. The molecule has 1 N–H and O–H groups in total. The lowest BCUT2D eigenvalue weighted by Gasteiger charge is -2.24. The molecule has 1 aromatic rings. The summed E-state index contributed by atoms with van der Waals surface area (Å²) in [7, 11) is 1.83. The molecule has 1 amide bonds. The Bertz CT molecular complexity index is 381. The van der Waals surface area contributed by atoms with Crippen LogP contribution in [0.1, 0.15) is 19.8 Å². The summed E-state index contributed by atoms with van der Waals surface area (Å²) in [6.45, 7) is 2.90. The number of hydrogen-bond donors (Lipinski definition) is 1. The molecule has 0 saturated carbocycles. The van der Waals surface area contributed by atoms with Gasteiger partial charge in [-0.05, 0) is 31.9 Å². The largest absolute Gasteiger partial charge is 0.309 e. The van der Waals surface area contributed by atoms with Gasteiger partial charge in [0.15, 0.2) is 0 Å². The Balaban J connectivity index is 2.26. The minimum atomic E-state index is -0.102. The first-order chi connectivity index (χ1) is 8.22. The van der Waals surface area contributed by atoms with Gasteiger partial charge in [0.05, 0.1) is 6.04 Å². The van der Waals surface area contributed by atoms with Crippen LogP contribution in [0.4, 0.5) is 5.82 Å². The van der Waals surface area contributed by atoms with E-state index in [4.69, 9.17) is 0 Å². The molecule has 2 atom stereocenters. The van der Waals surface area contributed by atoms with Gasteiger partial charge in [0, 0.05) is 12.7 Å². The minimum absolute atomic E-state index is 0.102. The summed E-state index contributed by atoms with van der Waals surface area (Å²) in [6, 6.07) is 1.68. The lowest BCUT2D eigenvalue weighted by Crippen LogP contribution is -2.44. The van der Waals surface area contributed by atoms with E-state index in [0.29, 0.717) is 11.7 Å². The van der Waals surface area contributed by atoms with Gasteiger partial charge in [-0.25, -0.2) is 9.97 Å². The first-order valence-electron chi connectivity index (χ1n) is 5.97. The zero-order valence-corrected chi connectivity index (χ0v) is 10.3. The molecular weight excluding hydrogens is 216 g/mol. The van der Waals surface area contributed by atoms with E-state index in [2.05, 4.69) is 22.2 Å². The molecule has 2 heterocycles. The second kappa shape index (κ2) is 5.23. The average Bonchev–Trinajstić information content (AvgIpc) is 2.50. The molecule has 17 heavy (non-hydrogen) atoms. The zero-order chi connectivity index (χ0) is 12.3. The quantitative estimate of drug-likeness (QED) is 0.823. The molecular formula is C12H18N4O. The Morgan fingerprint density at radius 2 is 2.29 bits per heavy atom. The van der Waals surface area contributed by atoms with Crippen molar-refractivity contribution in [2.24, 2.45) is 5.92 Å². The Morgan fingerprint density at radius 3 is 2.94 bits per heavy atom. The predicted octanol–water partition coefficient (Wildman–Crippen LogP) is 0.827. The van der Waals surface area contributed by atoms with E-state index in [-0.39, 0.29) is 11.9 Å². The molecule has 0 aromatic carbocycles. The first kappa shape index (κ1) is 12.0. The topological polar surface area (TPSA) is 58.1 Å². The lowest BCUT2D eigenvalue weighted by molar-refractivity contribution is -0.120. The first-order valence-corrected chi connectivity index (χ1v) is 5.97. The number of carbonyl (C=O) groups excluding carboxylic acids is 1. The molecule has 5 nitrogen and oxygen atoms in total. The second-order valence-electron chi connectivity index (χ2n) is 4.54. The summed E-state index contributed by atoms with van der Waals surface area (Å²) in [6.07, 6.45) is 5.09. The fourth-order valence-corrected chi connectivity index (χ4v) is 2.17. The van der Waals surface area contributed by atoms with E-state index in [9.17, 15) is 4.79 Å². The summed E-state index contributed by atoms with van der Waals surface area (Å²) in [5, 5.41) is 3.08. The Hall–Kier alpha value is -1.49. The molecule has 2 rings (SSSR count). The molecule has 1 saturated heterocycles. The van der Waals surface area contributed by atoms with Gasteiger partial charge in [-0.3, -0.25) is 9.69 Å². The van der Waals surface area contributed by atoms with Crippen molar-refractivity contribution in [3.63, 3.8) is 0 Å². The number of aromatic nitrogens is 2. The number of likely N-dealkylation sites (N-methyl/N-ethyl adjacent to an activating group) is 1. The lowest BCUT2D eigenvalue weighted by atomic mass is 10.0. The van der Waals surface area contributed by atoms with E-state index in [0.717, 1.165) is 19.4 Å². The highest BCUT2D eigenvalue weighted by atomic mass is 16.2. The predicted molar refractivity (Wildman–Crippen MR) is 65.6 cm³/mol. The average molecular weight is 234 g/mol. The van der Waals surface area contributed by atoms with Gasteiger partial charge in [0.25, 0.3) is 0 Å². The summed E-state index contributed by atoms with van der Waals surface area (Å²) in [5.74, 6) is 1.29. The molecule has 1 aliphatic rings. The van der Waals surface area contributed by atoms with Gasteiger partial charge in [0.2, 0.25) is 5.91 Å². The Morgan fingerprint density at radius 1 is 1.47 bits per heavy atom. The third kappa shape index (κ3) is 2.61. The molecule has 0 aliphatic carbocycles. The van der Waals surface area contributed by atoms with Crippen molar-refractivity contribution in [3.05, 3.63) is 18.6 Å². The molecule has 1 aromatic heterocycles. The minimum Gasteiger partial charge on any atom is -0.309 e. The molecule has 1 aliphatic heterocycles. The number of nitrogens with one attached hydrogen (secondary N) is 1. The van der Waals surface area contributed by atoms with Crippen molar-refractivity contribution in [2.45, 2.75) is 25.8 Å². The maximum absolute atomic E-state index is 12.3. The van der Waals surface area contributed by atoms with Crippen LogP contribution in [0.25, 0.3) is 0 Å². The fraction of sp³-hybridized carbons (Fsp3) is 0.583. The van der Waals surface area contributed by atoms with Crippen LogP contribution in [-0.2, 0) is 4.79 Å². The normalized spacial score (nSPS) is 25.8. The van der Waals surface area contributed by atoms with Gasteiger partial charge >= 0.3 is 0 Å². The molecule has 0 radical (unpaired) electrons. The van der Waals surface area contributed by atoms with Crippen molar-refractivity contribution < 1.29 is 4.79 Å². The van der Waals surface area contributed by atoms with E-state index in [1.165, 1.54) is 6.33 Å². The number of hydrogen-bond acceptors (Lipinski definition) is 4. The van der Waals surface area contributed by atoms with Crippen LogP contribution in [0.3, 0.4) is 0 Å². The van der Waals surface area contributed by atoms with Gasteiger partial charge in [0.1, 0.15) is 12.1 Å². The maximum Gasteiger partial charge on any atom is 0.245 e. The highest BCUT2D eigenvalue weighted by molar-refractivity contribution is 5.96. The van der Waals surface area contributed by atoms with E-state index in [1.54, 1.807) is 17.2 Å². The zero-order valence-electron chi connectivity index (χ0n) is 10.3. The fourth-order valence-electron chi connectivity index (χ4n) is 2.17. The van der Waals surface area contributed by atoms with E-state index in [1.807, 2.05) is 7.05 Å². The summed E-state index contributed by atoms with van der Waals surface area (Å²) >= 11 is 0. The van der Waals surface area contributed by atoms with Crippen molar-refractivity contribution in [1.29, 1.82) is 0 Å². The second-order valence-corrected chi connectivity index (χ2v) is 4.54. The molecule has 0 bridgehead atoms. The maximum atomic E-state index is 12.3. The van der Waals surface area contributed by atoms with Crippen LogP contribution >= 0.6 is 0 Å². The smallest absolute Gasteiger partial charge is 0.245 e. The highest BCUT2D eigenvalue weighted by Gasteiger charge is 2.29. The van der Waals surface area contributed by atoms with Gasteiger partial charge in [-0.15, -0.1) is 0 Å².